The van der Waals surface area contributed by atoms with E-state index in [0.29, 0.717) is 5.02 Å². The molecule has 4 rings (SSSR count). The van der Waals surface area contributed by atoms with Gasteiger partial charge in [-0.05, 0) is 55.8 Å². The highest BCUT2D eigenvalue weighted by Crippen LogP contribution is 2.31. The van der Waals surface area contributed by atoms with Crippen molar-refractivity contribution in [3.05, 3.63) is 57.9 Å². The minimum atomic E-state index is -3.69. The summed E-state index contributed by atoms with van der Waals surface area (Å²) >= 11 is 6.75. The number of rotatable bonds is 2. The van der Waals surface area contributed by atoms with Crippen LogP contribution in [-0.4, -0.2) is 46.2 Å². The smallest absolute Gasteiger partial charge is 0.283 e. The lowest BCUT2D eigenvalue weighted by Gasteiger charge is -2.23. The summed E-state index contributed by atoms with van der Waals surface area (Å²) < 4.78 is 29.9. The molecule has 2 aliphatic rings. The zero-order valence-corrected chi connectivity index (χ0v) is 18.6. The van der Waals surface area contributed by atoms with Crippen LogP contribution in [-0.2, 0) is 14.6 Å². The topological polar surface area (TPSA) is 108 Å². The van der Waals surface area contributed by atoms with Crippen molar-refractivity contribution in [2.24, 2.45) is 9.39 Å². The first-order valence-electron chi connectivity index (χ1n) is 8.71. The number of carbonyl (C=O) groups excluding carboxylic acids is 1. The molecule has 1 amide bonds. The van der Waals surface area contributed by atoms with Crippen molar-refractivity contribution >= 4 is 61.5 Å². The lowest BCUT2D eigenvalue weighted by atomic mass is 10.1. The first kappa shape index (κ1) is 20.6. The molecule has 0 aliphatic carbocycles. The molecule has 8 nitrogen and oxygen atoms in total. The number of hydrogen-bond donors (Lipinski definition) is 1. The van der Waals surface area contributed by atoms with E-state index in [-0.39, 0.29) is 21.7 Å². The van der Waals surface area contributed by atoms with Crippen LogP contribution in [0.15, 0.2) is 45.3 Å². The summed E-state index contributed by atoms with van der Waals surface area (Å²) in [7, 11) is -3.69. The van der Waals surface area contributed by atoms with Crippen molar-refractivity contribution < 1.29 is 13.2 Å². The molecule has 2 aromatic rings. The quantitative estimate of drug-likeness (QED) is 0.544. The van der Waals surface area contributed by atoms with Gasteiger partial charge in [-0.1, -0.05) is 11.6 Å². The third-order valence-corrected chi connectivity index (χ3v) is 6.69. The van der Waals surface area contributed by atoms with Gasteiger partial charge in [-0.25, -0.2) is 13.3 Å². The molecule has 1 aromatic heterocycles. The van der Waals surface area contributed by atoms with Crippen LogP contribution < -0.4 is 0 Å². The lowest BCUT2D eigenvalue weighted by molar-refractivity contribution is -0.114. The van der Waals surface area contributed by atoms with E-state index in [0.717, 1.165) is 45.7 Å². The van der Waals surface area contributed by atoms with Crippen molar-refractivity contribution in [2.45, 2.75) is 13.8 Å². The molecule has 0 spiro atoms. The summed E-state index contributed by atoms with van der Waals surface area (Å²) in [5, 5.41) is 8.85. The van der Waals surface area contributed by atoms with E-state index in [1.165, 1.54) is 0 Å². The van der Waals surface area contributed by atoms with Crippen LogP contribution in [0.1, 0.15) is 17.0 Å². The summed E-state index contributed by atoms with van der Waals surface area (Å²) in [5.74, 6) is -0.879. The Morgan fingerprint density at radius 2 is 1.87 bits per heavy atom. The fraction of sp³-hybridized carbons (Fsp3) is 0.158. The van der Waals surface area contributed by atoms with Gasteiger partial charge in [-0.2, -0.15) is 9.39 Å². The minimum absolute atomic E-state index is 0.00560. The van der Waals surface area contributed by atoms with E-state index in [4.69, 9.17) is 17.0 Å². The third-order valence-electron chi connectivity index (χ3n) is 4.68. The molecule has 0 unspecified atom stereocenters. The molecule has 1 aromatic carbocycles. The number of amides is 1. The van der Waals surface area contributed by atoms with Gasteiger partial charge in [0.05, 0.1) is 17.5 Å². The van der Waals surface area contributed by atoms with Crippen LogP contribution in [0, 0.1) is 19.3 Å². The number of aryl methyl sites for hydroxylation is 1. The van der Waals surface area contributed by atoms with Crippen molar-refractivity contribution in [2.75, 3.05) is 6.26 Å². The second kappa shape index (κ2) is 7.22. The van der Waals surface area contributed by atoms with Gasteiger partial charge in [0.15, 0.2) is 0 Å². The molecule has 11 heteroatoms. The van der Waals surface area contributed by atoms with Gasteiger partial charge in [0.1, 0.15) is 5.84 Å². The Morgan fingerprint density at radius 3 is 2.50 bits per heavy atom. The van der Waals surface area contributed by atoms with E-state index in [2.05, 4.69) is 9.39 Å². The first-order chi connectivity index (χ1) is 14.1. The Balaban J connectivity index is 1.78. The van der Waals surface area contributed by atoms with Gasteiger partial charge in [0.2, 0.25) is 20.2 Å². The largest absolute Gasteiger partial charge is 0.318 e. The van der Waals surface area contributed by atoms with Crippen molar-refractivity contribution in [3.8, 4) is 5.69 Å². The maximum absolute atomic E-state index is 12.6. The highest BCUT2D eigenvalue weighted by Gasteiger charge is 2.41. The average Bonchev–Trinajstić information content (AvgIpc) is 3.21. The Labute approximate surface area is 182 Å². The van der Waals surface area contributed by atoms with E-state index < -0.39 is 15.7 Å². The summed E-state index contributed by atoms with van der Waals surface area (Å²) in [6, 6.07) is 9.25. The number of aromatic nitrogens is 1. The highest BCUT2D eigenvalue weighted by atomic mass is 35.5. The first-order valence-corrected chi connectivity index (χ1v) is 11.8. The maximum Gasteiger partial charge on any atom is 0.283 e. The predicted octanol–water partition coefficient (Wildman–Crippen LogP) is 3.37. The third kappa shape index (κ3) is 3.40. The number of amidine groups is 3. The van der Waals surface area contributed by atoms with E-state index in [1.54, 1.807) is 18.2 Å². The fourth-order valence-corrected chi connectivity index (χ4v) is 5.29. The number of carbonyl (C=O) groups is 1. The average molecular weight is 462 g/mol. The lowest BCUT2D eigenvalue weighted by Crippen LogP contribution is -2.45. The van der Waals surface area contributed by atoms with Gasteiger partial charge in [0, 0.05) is 28.4 Å². The van der Waals surface area contributed by atoms with Gasteiger partial charge >= 0.3 is 0 Å². The molecule has 2 aliphatic heterocycles. The highest BCUT2D eigenvalue weighted by molar-refractivity contribution is 8.16. The molecule has 3 heterocycles. The number of fused-ring (bicyclic) bond motifs is 1. The molecule has 0 saturated heterocycles. The Bertz CT molecular complexity index is 1300. The monoisotopic (exact) mass is 461 g/mol. The van der Waals surface area contributed by atoms with E-state index >= 15 is 0 Å². The molecular weight excluding hydrogens is 446 g/mol. The van der Waals surface area contributed by atoms with Gasteiger partial charge < -0.3 is 4.57 Å². The summed E-state index contributed by atoms with van der Waals surface area (Å²) in [6.45, 7) is 3.83. The normalized spacial score (nSPS) is 18.0. The SMILES string of the molecule is Cc1cc(/C=C2/C(=N)N3C(=NC2=O)SN=C3S(C)(=O)=O)c(C)n1-c1ccc(Cl)cc1. The molecule has 0 fully saturated rings. The van der Waals surface area contributed by atoms with Crippen LogP contribution in [0.5, 0.6) is 0 Å². The van der Waals surface area contributed by atoms with Crippen molar-refractivity contribution in [3.63, 3.8) is 0 Å². The minimum Gasteiger partial charge on any atom is -0.318 e. The number of hydrogen-bond acceptors (Lipinski definition) is 6. The van der Waals surface area contributed by atoms with Gasteiger partial charge in [-0.15, -0.1) is 0 Å². The molecular formula is C19H16ClN5O3S2. The number of benzene rings is 1. The Morgan fingerprint density at radius 1 is 1.20 bits per heavy atom. The summed E-state index contributed by atoms with van der Waals surface area (Å²) in [5.41, 5.74) is 3.40. The predicted molar refractivity (Wildman–Crippen MR) is 120 cm³/mol. The number of sulfone groups is 1. The van der Waals surface area contributed by atoms with Crippen molar-refractivity contribution in [1.29, 1.82) is 5.41 Å². The molecule has 0 bridgehead atoms. The summed E-state index contributed by atoms with van der Waals surface area (Å²) in [4.78, 5) is 17.6. The van der Waals surface area contributed by atoms with Crippen LogP contribution in [0.4, 0.5) is 0 Å². The van der Waals surface area contributed by atoms with Gasteiger partial charge in [-0.3, -0.25) is 10.2 Å². The van der Waals surface area contributed by atoms with Crippen LogP contribution in [0.2, 0.25) is 5.02 Å². The number of nitrogens with one attached hydrogen (secondary N) is 1. The second-order valence-corrected chi connectivity index (χ2v) is 9.89. The molecule has 1 N–H and O–H groups in total. The Hall–Kier alpha value is -2.69. The van der Waals surface area contributed by atoms with E-state index in [9.17, 15) is 13.2 Å². The number of nitrogens with zero attached hydrogens (tertiary/aromatic N) is 4. The van der Waals surface area contributed by atoms with Crippen LogP contribution in [0.3, 0.4) is 0 Å². The number of halogens is 1. The molecule has 154 valence electrons. The zero-order valence-electron chi connectivity index (χ0n) is 16.2. The Kier molecular flexibility index (Phi) is 4.95. The molecule has 30 heavy (non-hydrogen) atoms. The maximum atomic E-state index is 12.6. The van der Waals surface area contributed by atoms with Gasteiger partial charge in [0.25, 0.3) is 5.91 Å². The fourth-order valence-electron chi connectivity index (χ4n) is 3.31. The van der Waals surface area contributed by atoms with E-state index in [1.807, 2.05) is 36.6 Å². The van der Waals surface area contributed by atoms with Crippen LogP contribution >= 0.6 is 23.5 Å². The standard InChI is InChI=1S/C19H16ClN5O3S2/c1-10-8-12(11(2)24(10)14-6-4-13(20)5-7-14)9-15-16(21)25-18(22-17(15)26)29-23-19(25)30(3,27)28/h4-9,21H,1-3H3/b15-9-,21-16?. The summed E-state index contributed by atoms with van der Waals surface area (Å²) in [6.07, 6.45) is 2.56. The van der Waals surface area contributed by atoms with Crippen LogP contribution in [0.25, 0.3) is 11.8 Å². The van der Waals surface area contributed by atoms with Crippen molar-refractivity contribution in [1.82, 2.24) is 9.47 Å². The molecule has 0 radical (unpaired) electrons. The number of aliphatic imine (C=N–C) groups is 1. The zero-order chi connectivity index (χ0) is 21.8. The molecule has 0 saturated carbocycles. The molecule has 0 atom stereocenters. The second-order valence-electron chi connectivity index (χ2n) is 6.82.